The molecule has 3 unspecified atom stereocenters. The Labute approximate surface area is 556 Å². The molecule has 0 aromatic rings. The van der Waals surface area contributed by atoms with Crippen LogP contribution in [0.4, 0.5) is 0 Å². The van der Waals surface area contributed by atoms with Crippen LogP contribution < -0.4 is 64.6 Å². The van der Waals surface area contributed by atoms with Crippen molar-refractivity contribution in [3.63, 3.8) is 0 Å². The van der Waals surface area contributed by atoms with Gasteiger partial charge in [-0.1, -0.05) is 102 Å². The quantitative estimate of drug-likeness (QED) is 0.0523. The number of hydrogen-bond donors (Lipinski definition) is 16. The van der Waals surface area contributed by atoms with Gasteiger partial charge in [0.1, 0.15) is 66.5 Å². The van der Waals surface area contributed by atoms with Crippen molar-refractivity contribution < 1.29 is 87.5 Å². The number of fused-ring (bicyclic) bond motifs is 1. The Kier molecular flexibility index (Phi) is 34.7. The smallest absolute Gasteiger partial charge is 0.248 e. The zero-order valence-electron chi connectivity index (χ0n) is 57.9. The van der Waals surface area contributed by atoms with Gasteiger partial charge in [-0.3, -0.25) is 67.1 Å². The zero-order chi connectivity index (χ0) is 72.6. The van der Waals surface area contributed by atoms with E-state index >= 15 is 0 Å². The number of likely N-dealkylation sites (N-methyl/N-ethyl adjacent to an activating group) is 1. The van der Waals surface area contributed by atoms with Crippen LogP contribution in [0.25, 0.3) is 0 Å². The second-order valence-corrected chi connectivity index (χ2v) is 26.8. The number of amides is 14. The molecule has 17 atom stereocenters. The lowest BCUT2D eigenvalue weighted by Gasteiger charge is -2.36. The lowest BCUT2D eigenvalue weighted by atomic mass is 9.95. The number of aliphatic hydroxyl groups is 4. The number of unbranched alkanes of at least 4 members (excludes halogenated alkanes) is 2. The standard InChI is InChI=1S/C63H110N14O18/c1-16-18-19-21-37-28-43(81)71-44(31(7)8)57(89)74-47(50(82)32(9)10)59(91)66-34(12)53(85)69-39(26-29(3)4)54(86)68-38(23-24-42(64)80)62(94)76(15)49(33(11)17-2)61(93)75-48(51(83)52(65)84)60(92)73-46(36(14)79)63(95)77-25-20-22-41(77)56(88)70-40(27-30(5)6)55(87)72-45(35(13)78)58(90)67-37/h29-41,44-51,78-79,82-83H,16-28H2,1-15H3,(H2,64,80)(H2,65,84)(H,66,91)(H,67,90)(H,68,86)(H,69,85)(H,70,88)(H,71,81)(H,72,87)(H,73,92)(H,74,89)(H,75,93)/t33-,34-,35-,36+,37?,38+,39-,40-,41+,44+,45+,46+,47-,48-,49-,50?,51?/m1/s1. The Hall–Kier alpha value is -7.58. The molecule has 2 aliphatic rings. The van der Waals surface area contributed by atoms with E-state index in [-0.39, 0.29) is 56.9 Å². The van der Waals surface area contributed by atoms with Gasteiger partial charge in [-0.25, -0.2) is 0 Å². The van der Waals surface area contributed by atoms with E-state index in [0.717, 1.165) is 30.2 Å². The average Bonchev–Trinajstić information content (AvgIpc) is 1.81. The highest BCUT2D eigenvalue weighted by molar-refractivity contribution is 6.01. The minimum atomic E-state index is -2.53. The molecule has 2 aliphatic heterocycles. The SMILES string of the molecule is CCCCCC1CC(=O)N[C@@H](C(C)C)C(=O)N[C@H](C(O)C(C)C)C(=O)N[C@H](C)C(=O)N[C@H](CC(C)C)C(=O)N[C@@H](CCC(N)=O)C(=O)N(C)[C@H]([C@H](C)CC)C(=O)N[C@H](C(O)C(N)=O)C(=O)N[C@@H]([C@H](C)O)C(=O)N2CCC[C@H]2C(=O)N[C@H](CC(C)C)C(=O)N[C@@H]([C@@H](C)O)C(=O)N1. The summed E-state index contributed by atoms with van der Waals surface area (Å²) in [5, 5.41) is 69.9. The largest absolute Gasteiger partial charge is 0.391 e. The molecule has 32 nitrogen and oxygen atoms in total. The number of aliphatic hydroxyl groups excluding tert-OH is 4. The fourth-order valence-electron chi connectivity index (χ4n) is 11.1. The highest BCUT2D eigenvalue weighted by atomic mass is 16.3. The summed E-state index contributed by atoms with van der Waals surface area (Å²) < 4.78 is 0. The van der Waals surface area contributed by atoms with E-state index in [9.17, 15) is 87.5 Å². The maximum atomic E-state index is 14.7. The molecular weight excluding hydrogens is 1240 g/mol. The topological polar surface area (TPSA) is 499 Å². The molecule has 0 aliphatic carbocycles. The molecule has 14 amide bonds. The maximum Gasteiger partial charge on any atom is 0.248 e. The molecule has 0 radical (unpaired) electrons. The van der Waals surface area contributed by atoms with Crippen LogP contribution in [0.1, 0.15) is 174 Å². The van der Waals surface area contributed by atoms with Gasteiger partial charge in [-0.15, -0.1) is 0 Å². The summed E-state index contributed by atoms with van der Waals surface area (Å²) in [7, 11) is 1.15. The number of hydrogen-bond acceptors (Lipinski definition) is 18. The Morgan fingerprint density at radius 3 is 1.54 bits per heavy atom. The summed E-state index contributed by atoms with van der Waals surface area (Å²) in [4.78, 5) is 199. The third kappa shape index (κ3) is 25.8. The molecule has 2 fully saturated rings. The van der Waals surface area contributed by atoms with Crippen LogP contribution in [0.3, 0.4) is 0 Å². The molecule has 540 valence electrons. The van der Waals surface area contributed by atoms with Gasteiger partial charge in [0, 0.05) is 32.5 Å². The van der Waals surface area contributed by atoms with Crippen molar-refractivity contribution in [3.8, 4) is 0 Å². The van der Waals surface area contributed by atoms with Gasteiger partial charge < -0.3 is 94.9 Å². The number of nitrogens with two attached hydrogens (primary N) is 2. The number of primary amides is 2. The van der Waals surface area contributed by atoms with E-state index in [1.165, 1.54) is 20.8 Å². The lowest BCUT2D eigenvalue weighted by molar-refractivity contribution is -0.148. The number of nitrogens with one attached hydrogen (secondary N) is 10. The Morgan fingerprint density at radius 1 is 0.537 bits per heavy atom. The molecule has 0 spiro atoms. The molecule has 2 heterocycles. The molecule has 0 aromatic heterocycles. The van der Waals surface area contributed by atoms with Crippen LogP contribution in [0.15, 0.2) is 0 Å². The van der Waals surface area contributed by atoms with Gasteiger partial charge in [0.15, 0.2) is 6.10 Å². The first-order valence-electron chi connectivity index (χ1n) is 33.1. The molecule has 0 bridgehead atoms. The van der Waals surface area contributed by atoms with Crippen LogP contribution in [0, 0.1) is 29.6 Å². The van der Waals surface area contributed by atoms with Gasteiger partial charge >= 0.3 is 0 Å². The van der Waals surface area contributed by atoms with Crippen LogP contribution in [-0.2, 0) is 67.1 Å². The van der Waals surface area contributed by atoms with Crippen molar-refractivity contribution in [2.24, 2.45) is 41.1 Å². The molecule has 2 rings (SSSR count). The molecule has 32 heteroatoms. The summed E-state index contributed by atoms with van der Waals surface area (Å²) in [6, 6.07) is -19.0. The monoisotopic (exact) mass is 1350 g/mol. The number of carbonyl (C=O) groups is 14. The minimum absolute atomic E-state index is 0.00500. The van der Waals surface area contributed by atoms with Crippen LogP contribution in [0.2, 0.25) is 0 Å². The molecule has 0 aromatic carbocycles. The molecular formula is C63H110N14O18. The normalized spacial score (nSPS) is 28.1. The summed E-state index contributed by atoms with van der Waals surface area (Å²) in [5.41, 5.74) is 11.0. The first-order chi connectivity index (χ1) is 44.2. The van der Waals surface area contributed by atoms with Crippen molar-refractivity contribution >= 4 is 82.7 Å². The van der Waals surface area contributed by atoms with E-state index in [1.54, 1.807) is 62.3 Å². The van der Waals surface area contributed by atoms with Gasteiger partial charge in [0.25, 0.3) is 0 Å². The lowest BCUT2D eigenvalue weighted by Crippen LogP contribution is -2.65. The number of carbonyl (C=O) groups excluding carboxylic acids is 14. The molecule has 95 heavy (non-hydrogen) atoms. The van der Waals surface area contributed by atoms with E-state index in [1.807, 2.05) is 6.92 Å². The third-order valence-electron chi connectivity index (χ3n) is 16.9. The van der Waals surface area contributed by atoms with Crippen molar-refractivity contribution in [2.75, 3.05) is 13.6 Å². The van der Waals surface area contributed by atoms with Gasteiger partial charge in [0.2, 0.25) is 82.7 Å². The van der Waals surface area contributed by atoms with Crippen molar-refractivity contribution in [1.82, 2.24) is 63.0 Å². The fourth-order valence-corrected chi connectivity index (χ4v) is 11.1. The predicted molar refractivity (Wildman–Crippen MR) is 346 cm³/mol. The second kappa shape index (κ2) is 39.5. The number of rotatable bonds is 20. The van der Waals surface area contributed by atoms with Crippen molar-refractivity contribution in [1.29, 1.82) is 0 Å². The van der Waals surface area contributed by atoms with E-state index < -0.39 is 217 Å². The predicted octanol–water partition coefficient (Wildman–Crippen LogP) is -3.66. The van der Waals surface area contributed by atoms with Gasteiger partial charge in [-0.05, 0) is 88.9 Å². The number of nitrogens with zero attached hydrogens (tertiary/aromatic N) is 2. The van der Waals surface area contributed by atoms with E-state index in [0.29, 0.717) is 12.8 Å². The second-order valence-electron chi connectivity index (χ2n) is 26.8. The van der Waals surface area contributed by atoms with Crippen molar-refractivity contribution in [2.45, 2.75) is 271 Å². The highest BCUT2D eigenvalue weighted by Gasteiger charge is 2.45. The Bertz CT molecular complexity index is 2680. The first-order valence-corrected chi connectivity index (χ1v) is 33.1. The zero-order valence-corrected chi connectivity index (χ0v) is 57.9. The fraction of sp³-hybridized carbons (Fsp3) is 0.778. The van der Waals surface area contributed by atoms with Gasteiger partial charge in [0.05, 0.1) is 18.3 Å². The van der Waals surface area contributed by atoms with Crippen LogP contribution >= 0.6 is 0 Å². The third-order valence-corrected chi connectivity index (χ3v) is 16.9. The van der Waals surface area contributed by atoms with Crippen molar-refractivity contribution in [3.05, 3.63) is 0 Å². The molecule has 0 saturated carbocycles. The first kappa shape index (κ1) is 83.5. The minimum Gasteiger partial charge on any atom is -0.391 e. The molecule has 18 N–H and O–H groups in total. The maximum absolute atomic E-state index is 14.7. The summed E-state index contributed by atoms with van der Waals surface area (Å²) in [6.45, 7) is 21.8. The summed E-state index contributed by atoms with van der Waals surface area (Å²) in [6.07, 6.45) is -6.48. The van der Waals surface area contributed by atoms with Crippen LogP contribution in [0.5, 0.6) is 0 Å². The summed E-state index contributed by atoms with van der Waals surface area (Å²) in [5.74, 6) is -17.3. The van der Waals surface area contributed by atoms with Gasteiger partial charge in [-0.2, -0.15) is 0 Å². The average molecular weight is 1350 g/mol. The molecule has 2 saturated heterocycles. The van der Waals surface area contributed by atoms with E-state index in [2.05, 4.69) is 53.2 Å². The van der Waals surface area contributed by atoms with Crippen LogP contribution in [-0.4, -0.2) is 223 Å². The Balaban J connectivity index is 2.95. The Morgan fingerprint density at radius 2 is 1.03 bits per heavy atom. The highest BCUT2D eigenvalue weighted by Crippen LogP contribution is 2.23. The summed E-state index contributed by atoms with van der Waals surface area (Å²) >= 11 is 0. The van der Waals surface area contributed by atoms with E-state index in [4.69, 9.17) is 11.5 Å².